The summed E-state index contributed by atoms with van der Waals surface area (Å²) in [6, 6.07) is 4.58. The summed E-state index contributed by atoms with van der Waals surface area (Å²) in [4.78, 5) is 20.9. The van der Waals surface area contributed by atoms with E-state index in [1.54, 1.807) is 16.4 Å². The van der Waals surface area contributed by atoms with Crippen LogP contribution >= 0.6 is 0 Å². The second kappa shape index (κ2) is 11.7. The molecule has 1 fully saturated rings. The van der Waals surface area contributed by atoms with E-state index in [0.717, 1.165) is 12.0 Å². The Balaban J connectivity index is 1.87. The Hall–Kier alpha value is -2.76. The molecule has 0 amide bonds. The zero-order valence-electron chi connectivity index (χ0n) is 21.7. The first-order valence-electron chi connectivity index (χ1n) is 13.0. The van der Waals surface area contributed by atoms with Crippen LogP contribution in [0.1, 0.15) is 45.6 Å². The van der Waals surface area contributed by atoms with Crippen LogP contribution in [-0.4, -0.2) is 66.2 Å². The Labute approximate surface area is 217 Å². The maximum Gasteiger partial charge on any atom is 0.275 e. The fourth-order valence-electron chi connectivity index (χ4n) is 4.82. The smallest absolute Gasteiger partial charge is 0.275 e. The number of H-pyrrole nitrogens is 1. The highest BCUT2D eigenvalue weighted by molar-refractivity contribution is 7.89. The van der Waals surface area contributed by atoms with Crippen molar-refractivity contribution in [2.45, 2.75) is 63.9 Å². The lowest BCUT2D eigenvalue weighted by atomic mass is 10.1. The largest absolute Gasteiger partial charge is 0.493 e. The van der Waals surface area contributed by atoms with Crippen molar-refractivity contribution in [2.24, 2.45) is 0 Å². The highest BCUT2D eigenvalue weighted by atomic mass is 32.2. The van der Waals surface area contributed by atoms with E-state index in [-0.39, 0.29) is 22.3 Å². The molecule has 2 N–H and O–H groups in total. The molecule has 3 aromatic rings. The minimum Gasteiger partial charge on any atom is -0.493 e. The van der Waals surface area contributed by atoms with Gasteiger partial charge in [-0.1, -0.05) is 13.8 Å². The Morgan fingerprint density at radius 2 is 2.05 bits per heavy atom. The van der Waals surface area contributed by atoms with Gasteiger partial charge in [0.05, 0.1) is 29.3 Å². The van der Waals surface area contributed by atoms with Crippen LogP contribution in [0.5, 0.6) is 5.75 Å². The molecule has 0 aliphatic carbocycles. The summed E-state index contributed by atoms with van der Waals surface area (Å²) in [5.74, 6) is 0.666. The van der Waals surface area contributed by atoms with Crippen LogP contribution in [0.25, 0.3) is 22.4 Å². The Bertz CT molecular complexity index is 1400. The second-order valence-electron chi connectivity index (χ2n) is 9.23. The van der Waals surface area contributed by atoms with Gasteiger partial charge in [0.1, 0.15) is 17.1 Å². The van der Waals surface area contributed by atoms with Crippen molar-refractivity contribution < 1.29 is 17.5 Å². The Morgan fingerprint density at radius 1 is 1.24 bits per heavy atom. The van der Waals surface area contributed by atoms with E-state index >= 15 is 0 Å². The highest BCUT2D eigenvalue weighted by Gasteiger charge is 2.33. The number of aryl methyl sites for hydroxylation is 2. The molecule has 1 saturated heterocycles. The molecule has 1 atom stereocenters. The van der Waals surface area contributed by atoms with Crippen molar-refractivity contribution in [1.82, 2.24) is 24.2 Å². The van der Waals surface area contributed by atoms with Crippen LogP contribution in [0.4, 0.5) is 4.39 Å². The third-order valence-corrected chi connectivity index (χ3v) is 8.71. The Morgan fingerprint density at radius 3 is 2.76 bits per heavy atom. The monoisotopic (exact) mass is 533 g/mol. The van der Waals surface area contributed by atoms with Gasteiger partial charge in [0, 0.05) is 38.4 Å². The average Bonchev–Trinajstić information content (AvgIpc) is 3.28. The summed E-state index contributed by atoms with van der Waals surface area (Å²) < 4.78 is 49.6. The number of aromatic amines is 1. The molecule has 11 heteroatoms. The van der Waals surface area contributed by atoms with Crippen molar-refractivity contribution in [2.75, 3.05) is 32.9 Å². The third kappa shape index (κ3) is 5.44. The van der Waals surface area contributed by atoms with Gasteiger partial charge < -0.3 is 19.6 Å². The zero-order chi connectivity index (χ0) is 26.6. The molecule has 0 radical (unpaired) electrons. The lowest BCUT2D eigenvalue weighted by Gasteiger charge is -2.34. The summed E-state index contributed by atoms with van der Waals surface area (Å²) >= 11 is 0. The number of nitrogens with one attached hydrogen (secondary N) is 2. The van der Waals surface area contributed by atoms with Crippen molar-refractivity contribution in [3.05, 3.63) is 40.3 Å². The quantitative estimate of drug-likeness (QED) is 0.391. The number of sulfonamides is 1. The molecule has 4 rings (SSSR count). The molecule has 1 aromatic carbocycles. The lowest BCUT2D eigenvalue weighted by molar-refractivity contribution is 0.261. The summed E-state index contributed by atoms with van der Waals surface area (Å²) in [5, 5.41) is 3.26. The summed E-state index contributed by atoms with van der Waals surface area (Å²) in [7, 11) is -3.79. The summed E-state index contributed by atoms with van der Waals surface area (Å²) in [6.07, 6.45) is 4.07. The van der Waals surface area contributed by atoms with E-state index in [4.69, 9.17) is 9.72 Å². The molecule has 1 aliphatic heterocycles. The van der Waals surface area contributed by atoms with E-state index in [1.165, 1.54) is 6.07 Å². The van der Waals surface area contributed by atoms with Crippen molar-refractivity contribution in [3.8, 4) is 17.1 Å². The minimum absolute atomic E-state index is 0.123. The van der Waals surface area contributed by atoms with E-state index in [1.807, 2.05) is 31.5 Å². The van der Waals surface area contributed by atoms with Crippen LogP contribution in [-0.2, 0) is 23.0 Å². The molecule has 0 saturated carbocycles. The van der Waals surface area contributed by atoms with Crippen molar-refractivity contribution in [3.63, 3.8) is 0 Å². The third-order valence-electron chi connectivity index (χ3n) is 6.76. The molecule has 9 nitrogen and oxygen atoms in total. The number of fused-ring (bicyclic) bond motifs is 1. The van der Waals surface area contributed by atoms with Gasteiger partial charge in [0.25, 0.3) is 5.56 Å². The van der Waals surface area contributed by atoms with Crippen LogP contribution in [0.3, 0.4) is 0 Å². The van der Waals surface area contributed by atoms with E-state index in [0.29, 0.717) is 74.4 Å². The van der Waals surface area contributed by atoms with Crippen molar-refractivity contribution >= 4 is 21.1 Å². The normalized spacial score (nSPS) is 16.9. The number of piperazine rings is 1. The van der Waals surface area contributed by atoms with Crippen LogP contribution in [0.2, 0.25) is 0 Å². The summed E-state index contributed by atoms with van der Waals surface area (Å²) in [6.45, 7) is 7.97. The van der Waals surface area contributed by atoms with Gasteiger partial charge in [-0.3, -0.25) is 9.18 Å². The zero-order valence-corrected chi connectivity index (χ0v) is 22.5. The number of aromatic nitrogens is 3. The number of nitrogens with zero attached hydrogens (tertiary/aromatic N) is 3. The molecule has 1 unspecified atom stereocenters. The number of rotatable bonds is 11. The fourth-order valence-corrected chi connectivity index (χ4v) is 6.55. The first kappa shape index (κ1) is 27.3. The molecule has 202 valence electrons. The lowest BCUT2D eigenvalue weighted by Crippen LogP contribution is -2.53. The number of benzene rings is 1. The SMILES string of the molecule is CCCOc1ccc(S(=O)(=O)N2CCNCC2CC)cc1-c1nc2c(CCCF)cn(CC)c2c(=O)[nH]1. The average molecular weight is 534 g/mol. The molecule has 37 heavy (non-hydrogen) atoms. The topological polar surface area (TPSA) is 109 Å². The van der Waals surface area contributed by atoms with Gasteiger partial charge in [-0.25, -0.2) is 13.4 Å². The second-order valence-corrected chi connectivity index (χ2v) is 11.1. The fraction of sp³-hybridized carbons (Fsp3) is 0.538. The number of ether oxygens (including phenoxy) is 1. The minimum atomic E-state index is -3.79. The predicted octanol–water partition coefficient (Wildman–Crippen LogP) is 3.47. The van der Waals surface area contributed by atoms with Crippen molar-refractivity contribution in [1.29, 1.82) is 0 Å². The van der Waals surface area contributed by atoms with Gasteiger partial charge in [-0.15, -0.1) is 0 Å². The van der Waals surface area contributed by atoms with Crippen LogP contribution in [0, 0.1) is 0 Å². The molecule has 0 spiro atoms. The van der Waals surface area contributed by atoms with Crippen LogP contribution < -0.4 is 15.6 Å². The maximum atomic E-state index is 13.7. The summed E-state index contributed by atoms with van der Waals surface area (Å²) in [5.41, 5.74) is 1.77. The standard InChI is InChI=1S/C26H36FN5O4S/c1-4-14-36-22-10-9-20(37(34,35)32-13-12-28-16-19(32)5-2)15-21(22)25-29-23-18(8-7-11-27)17-31(6-3)24(23)26(33)30-25/h9-10,15,17,19,28H,4-8,11-14,16H2,1-3H3,(H,29,30,33). The molecule has 0 bridgehead atoms. The molecule has 3 heterocycles. The van der Waals surface area contributed by atoms with Crippen LogP contribution in [0.15, 0.2) is 34.1 Å². The molecule has 1 aliphatic rings. The number of alkyl halides is 1. The van der Waals surface area contributed by atoms with E-state index in [2.05, 4.69) is 10.3 Å². The predicted molar refractivity (Wildman–Crippen MR) is 142 cm³/mol. The Kier molecular flexibility index (Phi) is 8.66. The molecular weight excluding hydrogens is 497 g/mol. The van der Waals surface area contributed by atoms with Gasteiger partial charge >= 0.3 is 0 Å². The van der Waals surface area contributed by atoms with Gasteiger partial charge in [-0.05, 0) is 56.4 Å². The van der Waals surface area contributed by atoms with E-state index in [9.17, 15) is 17.6 Å². The first-order valence-corrected chi connectivity index (χ1v) is 14.5. The van der Waals surface area contributed by atoms with Gasteiger partial charge in [-0.2, -0.15) is 4.31 Å². The number of hydrogen-bond acceptors (Lipinski definition) is 6. The first-order chi connectivity index (χ1) is 17.8. The number of hydrogen-bond donors (Lipinski definition) is 2. The maximum absolute atomic E-state index is 13.7. The number of halogens is 1. The molecular formula is C26H36FN5O4S. The van der Waals surface area contributed by atoms with Gasteiger partial charge in [0.2, 0.25) is 10.0 Å². The van der Waals surface area contributed by atoms with Gasteiger partial charge in [0.15, 0.2) is 0 Å². The highest BCUT2D eigenvalue weighted by Crippen LogP contribution is 2.33. The molecule has 2 aromatic heterocycles. The van der Waals surface area contributed by atoms with E-state index < -0.39 is 16.7 Å².